The average molecular weight is 439 g/mol. The molecule has 160 valence electrons. The van der Waals surface area contributed by atoms with E-state index in [1.165, 1.54) is 6.07 Å². The van der Waals surface area contributed by atoms with Gasteiger partial charge in [0.05, 0.1) is 11.6 Å². The zero-order chi connectivity index (χ0) is 21.6. The maximum atomic E-state index is 14.0. The number of benzene rings is 3. The monoisotopic (exact) mass is 438 g/mol. The number of amides is 1. The van der Waals surface area contributed by atoms with Gasteiger partial charge in [0.1, 0.15) is 11.6 Å². The van der Waals surface area contributed by atoms with Gasteiger partial charge in [-0.15, -0.1) is 0 Å². The summed E-state index contributed by atoms with van der Waals surface area (Å²) in [6.45, 7) is 1.92. The molecule has 1 heterocycles. The number of carbonyl (C=O) groups is 1. The summed E-state index contributed by atoms with van der Waals surface area (Å²) < 4.78 is 20.0. The molecule has 1 unspecified atom stereocenters. The van der Waals surface area contributed by atoms with Crippen molar-refractivity contribution in [1.29, 1.82) is 0 Å². The predicted octanol–water partition coefficient (Wildman–Crippen LogP) is 6.12. The lowest BCUT2D eigenvalue weighted by Crippen LogP contribution is -2.40. The lowest BCUT2D eigenvalue weighted by Gasteiger charge is -2.32. The van der Waals surface area contributed by atoms with Crippen LogP contribution in [-0.2, 0) is 11.3 Å². The molecule has 0 saturated carbocycles. The molecule has 1 amide bonds. The summed E-state index contributed by atoms with van der Waals surface area (Å²) in [4.78, 5) is 15.2. The van der Waals surface area contributed by atoms with Crippen LogP contribution in [0.25, 0.3) is 0 Å². The number of hydrogen-bond donors (Lipinski definition) is 1. The largest absolute Gasteiger partial charge is 0.455 e. The van der Waals surface area contributed by atoms with Gasteiger partial charge in [-0.2, -0.15) is 0 Å². The Balaban J connectivity index is 1.44. The number of para-hydroxylation sites is 1. The van der Waals surface area contributed by atoms with E-state index in [2.05, 4.69) is 10.2 Å². The van der Waals surface area contributed by atoms with Crippen molar-refractivity contribution >= 4 is 23.2 Å². The van der Waals surface area contributed by atoms with Crippen molar-refractivity contribution in [3.63, 3.8) is 0 Å². The smallest absolute Gasteiger partial charge is 0.228 e. The number of halogens is 2. The molecule has 0 radical (unpaired) electrons. The van der Waals surface area contributed by atoms with Crippen molar-refractivity contribution in [2.45, 2.75) is 19.4 Å². The molecule has 31 heavy (non-hydrogen) atoms. The highest BCUT2D eigenvalue weighted by Crippen LogP contribution is 2.33. The van der Waals surface area contributed by atoms with E-state index >= 15 is 0 Å². The Kier molecular flexibility index (Phi) is 6.85. The summed E-state index contributed by atoms with van der Waals surface area (Å²) in [7, 11) is 0. The molecule has 4 nitrogen and oxygen atoms in total. The van der Waals surface area contributed by atoms with Crippen LogP contribution in [0, 0.1) is 11.7 Å². The molecule has 0 spiro atoms. The quantitative estimate of drug-likeness (QED) is 0.504. The molecule has 6 heteroatoms. The number of ether oxygens (including phenoxy) is 1. The summed E-state index contributed by atoms with van der Waals surface area (Å²) in [6, 6.07) is 21.3. The van der Waals surface area contributed by atoms with Gasteiger partial charge in [0.2, 0.25) is 5.91 Å². The van der Waals surface area contributed by atoms with Crippen LogP contribution in [-0.4, -0.2) is 23.9 Å². The SMILES string of the molecule is O=C(Nc1cc(Cl)ccc1Oc1ccccc1)C1CCCN(Cc2ccccc2F)C1. The highest BCUT2D eigenvalue weighted by atomic mass is 35.5. The molecule has 1 aliphatic heterocycles. The topological polar surface area (TPSA) is 41.6 Å². The van der Waals surface area contributed by atoms with E-state index in [0.29, 0.717) is 40.9 Å². The molecule has 1 atom stereocenters. The fourth-order valence-corrected chi connectivity index (χ4v) is 3.99. The van der Waals surface area contributed by atoms with E-state index in [1.807, 2.05) is 36.4 Å². The number of piperidine rings is 1. The maximum absolute atomic E-state index is 14.0. The van der Waals surface area contributed by atoms with Crippen molar-refractivity contribution in [1.82, 2.24) is 4.90 Å². The number of likely N-dealkylation sites (tertiary alicyclic amines) is 1. The highest BCUT2D eigenvalue weighted by Gasteiger charge is 2.27. The fraction of sp³-hybridized carbons (Fsp3) is 0.240. The van der Waals surface area contributed by atoms with E-state index in [1.54, 1.807) is 30.3 Å². The van der Waals surface area contributed by atoms with Crippen LogP contribution in [0.2, 0.25) is 5.02 Å². The van der Waals surface area contributed by atoms with Gasteiger partial charge >= 0.3 is 0 Å². The van der Waals surface area contributed by atoms with Gasteiger partial charge in [-0.1, -0.05) is 48.0 Å². The Labute approximate surface area is 186 Å². The lowest BCUT2D eigenvalue weighted by atomic mass is 9.96. The van der Waals surface area contributed by atoms with Crippen molar-refractivity contribution < 1.29 is 13.9 Å². The predicted molar refractivity (Wildman–Crippen MR) is 121 cm³/mol. The van der Waals surface area contributed by atoms with Gasteiger partial charge in [0, 0.05) is 23.7 Å². The lowest BCUT2D eigenvalue weighted by molar-refractivity contribution is -0.121. The number of nitrogens with zero attached hydrogens (tertiary/aromatic N) is 1. The molecule has 4 rings (SSSR count). The van der Waals surface area contributed by atoms with Crippen molar-refractivity contribution in [3.8, 4) is 11.5 Å². The van der Waals surface area contributed by atoms with Gasteiger partial charge < -0.3 is 10.1 Å². The van der Waals surface area contributed by atoms with E-state index in [-0.39, 0.29) is 17.6 Å². The standard InChI is InChI=1S/C25H24ClFN2O2/c26-20-12-13-24(31-21-9-2-1-3-10-21)23(15-20)28-25(30)19-8-6-14-29(17-19)16-18-7-4-5-11-22(18)27/h1-5,7,9-13,15,19H,6,8,14,16-17H2,(H,28,30). The maximum Gasteiger partial charge on any atom is 0.228 e. The minimum atomic E-state index is -0.212. The molecule has 1 fully saturated rings. The second-order valence-electron chi connectivity index (χ2n) is 7.71. The summed E-state index contributed by atoms with van der Waals surface area (Å²) in [5.74, 6) is 0.718. The number of anilines is 1. The Hall–Kier alpha value is -2.89. The number of carbonyl (C=O) groups excluding carboxylic acids is 1. The Morgan fingerprint density at radius 2 is 1.87 bits per heavy atom. The molecule has 0 aromatic heterocycles. The van der Waals surface area contributed by atoms with Crippen molar-refractivity contribution in [2.75, 3.05) is 18.4 Å². The van der Waals surface area contributed by atoms with Crippen LogP contribution in [0.5, 0.6) is 11.5 Å². The van der Waals surface area contributed by atoms with Crippen LogP contribution in [0.1, 0.15) is 18.4 Å². The third-order valence-electron chi connectivity index (χ3n) is 5.40. The Bertz CT molecular complexity index is 1040. The van der Waals surface area contributed by atoms with Crippen LogP contribution in [0.15, 0.2) is 72.8 Å². The van der Waals surface area contributed by atoms with Crippen LogP contribution in [0.3, 0.4) is 0 Å². The Morgan fingerprint density at radius 3 is 2.68 bits per heavy atom. The normalized spacial score (nSPS) is 16.6. The van der Waals surface area contributed by atoms with Crippen LogP contribution >= 0.6 is 11.6 Å². The first-order valence-corrected chi connectivity index (χ1v) is 10.8. The second kappa shape index (κ2) is 9.94. The molecule has 3 aromatic carbocycles. The molecule has 0 bridgehead atoms. The average Bonchev–Trinajstić information content (AvgIpc) is 2.78. The van der Waals surface area contributed by atoms with Gasteiger partial charge in [0.15, 0.2) is 5.75 Å². The summed E-state index contributed by atoms with van der Waals surface area (Å²) in [5, 5.41) is 3.50. The summed E-state index contributed by atoms with van der Waals surface area (Å²) in [5.41, 5.74) is 1.18. The Morgan fingerprint density at radius 1 is 1.10 bits per heavy atom. The zero-order valence-corrected chi connectivity index (χ0v) is 17.8. The van der Waals surface area contributed by atoms with Crippen molar-refractivity contribution in [2.24, 2.45) is 5.92 Å². The van der Waals surface area contributed by atoms with Gasteiger partial charge in [-0.05, 0) is 55.8 Å². The number of nitrogens with one attached hydrogen (secondary N) is 1. The minimum Gasteiger partial charge on any atom is -0.455 e. The van der Waals surface area contributed by atoms with Gasteiger partial charge in [0.25, 0.3) is 0 Å². The minimum absolute atomic E-state index is 0.0848. The highest BCUT2D eigenvalue weighted by molar-refractivity contribution is 6.31. The molecular formula is C25H24ClFN2O2. The van der Waals surface area contributed by atoms with E-state index in [4.69, 9.17) is 16.3 Å². The second-order valence-corrected chi connectivity index (χ2v) is 8.15. The van der Waals surface area contributed by atoms with Crippen LogP contribution in [0.4, 0.5) is 10.1 Å². The zero-order valence-electron chi connectivity index (χ0n) is 17.1. The van der Waals surface area contributed by atoms with Gasteiger partial charge in [-0.3, -0.25) is 9.69 Å². The van der Waals surface area contributed by atoms with E-state index in [9.17, 15) is 9.18 Å². The van der Waals surface area contributed by atoms with Crippen molar-refractivity contribution in [3.05, 3.63) is 89.2 Å². The first-order chi connectivity index (χ1) is 15.1. The molecule has 1 N–H and O–H groups in total. The van der Waals surface area contributed by atoms with Crippen LogP contribution < -0.4 is 10.1 Å². The molecular weight excluding hydrogens is 415 g/mol. The third kappa shape index (κ3) is 5.63. The number of hydrogen-bond acceptors (Lipinski definition) is 3. The van der Waals surface area contributed by atoms with Gasteiger partial charge in [-0.25, -0.2) is 4.39 Å². The number of rotatable bonds is 6. The first-order valence-electron chi connectivity index (χ1n) is 10.4. The third-order valence-corrected chi connectivity index (χ3v) is 5.63. The molecule has 0 aliphatic carbocycles. The van der Waals surface area contributed by atoms with E-state index in [0.717, 1.165) is 19.4 Å². The molecule has 3 aromatic rings. The summed E-state index contributed by atoms with van der Waals surface area (Å²) >= 11 is 6.17. The molecule has 1 saturated heterocycles. The molecule has 1 aliphatic rings. The van der Waals surface area contributed by atoms with E-state index < -0.39 is 0 Å². The fourth-order valence-electron chi connectivity index (χ4n) is 3.82. The first kappa shape index (κ1) is 21.3. The summed E-state index contributed by atoms with van der Waals surface area (Å²) in [6.07, 6.45) is 1.67.